The fourth-order valence-electron chi connectivity index (χ4n) is 4.26. The summed E-state index contributed by atoms with van der Waals surface area (Å²) in [5.74, 6) is -0.0530. The molecule has 0 radical (unpaired) electrons. The highest BCUT2D eigenvalue weighted by Gasteiger charge is 2.27. The van der Waals surface area contributed by atoms with Gasteiger partial charge in [0.25, 0.3) is 0 Å². The van der Waals surface area contributed by atoms with E-state index in [0.717, 1.165) is 24.1 Å². The Morgan fingerprint density at radius 1 is 0.933 bits per heavy atom. The Labute approximate surface area is 178 Å². The molecule has 1 heterocycles. The number of nitrogens with one attached hydrogen (secondary N) is 1. The van der Waals surface area contributed by atoms with Gasteiger partial charge in [0.2, 0.25) is 15.9 Å². The molecule has 1 fully saturated rings. The van der Waals surface area contributed by atoms with E-state index < -0.39 is 10.0 Å². The monoisotopic (exact) mass is 427 g/mol. The maximum absolute atomic E-state index is 12.9. The van der Waals surface area contributed by atoms with Crippen molar-refractivity contribution in [3.63, 3.8) is 0 Å². The van der Waals surface area contributed by atoms with Crippen molar-refractivity contribution < 1.29 is 13.2 Å². The number of hydrogen-bond donors (Lipinski definition) is 1. The van der Waals surface area contributed by atoms with Gasteiger partial charge in [-0.3, -0.25) is 9.69 Å². The lowest BCUT2D eigenvalue weighted by molar-refractivity contribution is -0.117. The van der Waals surface area contributed by atoms with Gasteiger partial charge in [-0.2, -0.15) is 4.31 Å². The Morgan fingerprint density at radius 2 is 1.70 bits per heavy atom. The molecule has 6 nitrogen and oxygen atoms in total. The van der Waals surface area contributed by atoms with Gasteiger partial charge in [0.15, 0.2) is 0 Å². The fourth-order valence-corrected chi connectivity index (χ4v) is 5.73. The molecule has 1 aliphatic heterocycles. The van der Waals surface area contributed by atoms with Crippen LogP contribution in [-0.4, -0.2) is 56.3 Å². The maximum atomic E-state index is 12.9. The zero-order valence-electron chi connectivity index (χ0n) is 17.4. The van der Waals surface area contributed by atoms with E-state index in [9.17, 15) is 13.2 Å². The van der Waals surface area contributed by atoms with Gasteiger partial charge in [0.05, 0.1) is 11.4 Å². The number of sulfonamides is 1. The molecule has 1 N–H and O–H groups in total. The first kappa shape index (κ1) is 21.0. The van der Waals surface area contributed by atoms with Crippen molar-refractivity contribution in [2.75, 3.05) is 38.0 Å². The molecule has 0 aromatic heterocycles. The number of rotatable bonds is 5. The predicted molar refractivity (Wildman–Crippen MR) is 118 cm³/mol. The van der Waals surface area contributed by atoms with Crippen LogP contribution in [0.5, 0.6) is 0 Å². The third-order valence-electron chi connectivity index (χ3n) is 5.96. The number of amides is 1. The molecule has 30 heavy (non-hydrogen) atoms. The van der Waals surface area contributed by atoms with Gasteiger partial charge >= 0.3 is 0 Å². The van der Waals surface area contributed by atoms with Gasteiger partial charge < -0.3 is 5.32 Å². The van der Waals surface area contributed by atoms with E-state index in [2.05, 4.69) is 17.4 Å². The number of hydrogen-bond acceptors (Lipinski definition) is 4. The Kier molecular flexibility index (Phi) is 6.22. The summed E-state index contributed by atoms with van der Waals surface area (Å²) >= 11 is 0. The van der Waals surface area contributed by atoms with Crippen molar-refractivity contribution in [2.24, 2.45) is 0 Å². The molecular weight excluding hydrogens is 398 g/mol. The molecule has 4 rings (SSSR count). The number of carbonyl (C=O) groups excluding carboxylic acids is 1. The first-order valence-corrected chi connectivity index (χ1v) is 12.1. The van der Waals surface area contributed by atoms with Crippen LogP contribution in [0, 0.1) is 6.92 Å². The van der Waals surface area contributed by atoms with Gasteiger partial charge in [0.1, 0.15) is 0 Å². The van der Waals surface area contributed by atoms with E-state index in [-0.39, 0.29) is 12.5 Å². The number of anilines is 1. The summed E-state index contributed by atoms with van der Waals surface area (Å²) in [7, 11) is -3.50. The van der Waals surface area contributed by atoms with Crippen LogP contribution in [0.2, 0.25) is 0 Å². The van der Waals surface area contributed by atoms with E-state index in [0.29, 0.717) is 37.5 Å². The van der Waals surface area contributed by atoms with Crippen molar-refractivity contribution in [2.45, 2.75) is 37.5 Å². The largest absolute Gasteiger partial charge is 0.325 e. The first-order valence-electron chi connectivity index (χ1n) is 10.6. The quantitative estimate of drug-likeness (QED) is 0.797. The minimum absolute atomic E-state index is 0.0530. The van der Waals surface area contributed by atoms with Gasteiger partial charge in [-0.1, -0.05) is 23.8 Å². The molecule has 160 valence electrons. The Balaban J connectivity index is 1.34. The molecule has 2 aromatic carbocycles. The topological polar surface area (TPSA) is 69.7 Å². The molecule has 7 heteroatoms. The summed E-state index contributed by atoms with van der Waals surface area (Å²) < 4.78 is 27.4. The van der Waals surface area contributed by atoms with Crippen LogP contribution in [0.15, 0.2) is 47.4 Å². The molecule has 0 bridgehead atoms. The zero-order chi connectivity index (χ0) is 21.1. The normalized spacial score (nSPS) is 18.0. The second-order valence-electron chi connectivity index (χ2n) is 8.23. The highest BCUT2D eigenvalue weighted by Crippen LogP contribution is 2.25. The van der Waals surface area contributed by atoms with Crippen molar-refractivity contribution in [3.05, 3.63) is 59.2 Å². The van der Waals surface area contributed by atoms with Crippen LogP contribution >= 0.6 is 0 Å². The summed E-state index contributed by atoms with van der Waals surface area (Å²) in [6.07, 6.45) is 4.09. The van der Waals surface area contributed by atoms with Gasteiger partial charge in [-0.25, -0.2) is 8.42 Å². The summed E-state index contributed by atoms with van der Waals surface area (Å²) in [5.41, 5.74) is 4.60. The molecule has 0 atom stereocenters. The first-order chi connectivity index (χ1) is 14.4. The standard InChI is InChI=1S/C23H29N3O3S/c1-18-6-10-22(11-7-18)30(28,29)26-13-3-12-25(14-15-26)17-23(27)24-21-9-8-19-4-2-5-20(19)16-21/h6-11,16H,2-5,12-15,17H2,1H3,(H,24,27). The summed E-state index contributed by atoms with van der Waals surface area (Å²) in [5, 5.41) is 3.00. The summed E-state index contributed by atoms with van der Waals surface area (Å²) in [4.78, 5) is 14.9. The van der Waals surface area contributed by atoms with Crippen LogP contribution < -0.4 is 5.32 Å². The predicted octanol–water partition coefficient (Wildman–Crippen LogP) is 2.82. The number of nitrogens with zero attached hydrogens (tertiary/aromatic N) is 2. The molecule has 1 saturated heterocycles. The lowest BCUT2D eigenvalue weighted by Crippen LogP contribution is -2.38. The Bertz CT molecular complexity index is 1020. The summed E-state index contributed by atoms with van der Waals surface area (Å²) in [6.45, 7) is 4.32. The number of benzene rings is 2. The van der Waals surface area contributed by atoms with Crippen LogP contribution in [0.1, 0.15) is 29.5 Å². The molecule has 0 spiro atoms. The van der Waals surface area contributed by atoms with E-state index in [1.165, 1.54) is 21.9 Å². The van der Waals surface area contributed by atoms with E-state index in [1.54, 1.807) is 12.1 Å². The van der Waals surface area contributed by atoms with Crippen molar-refractivity contribution in [3.8, 4) is 0 Å². The van der Waals surface area contributed by atoms with Crippen LogP contribution in [-0.2, 0) is 27.7 Å². The minimum Gasteiger partial charge on any atom is -0.325 e. The average molecular weight is 428 g/mol. The van der Waals surface area contributed by atoms with Crippen molar-refractivity contribution in [1.82, 2.24) is 9.21 Å². The zero-order valence-corrected chi connectivity index (χ0v) is 18.2. The van der Waals surface area contributed by atoms with Crippen molar-refractivity contribution >= 4 is 21.6 Å². The second kappa shape index (κ2) is 8.88. The Morgan fingerprint density at radius 3 is 2.50 bits per heavy atom. The van der Waals surface area contributed by atoms with Crippen molar-refractivity contribution in [1.29, 1.82) is 0 Å². The summed E-state index contributed by atoms with van der Waals surface area (Å²) in [6, 6.07) is 13.1. The van der Waals surface area contributed by atoms with Gasteiger partial charge in [-0.15, -0.1) is 0 Å². The fraction of sp³-hybridized carbons (Fsp3) is 0.435. The van der Waals surface area contributed by atoms with Gasteiger partial charge in [0, 0.05) is 25.3 Å². The highest BCUT2D eigenvalue weighted by atomic mass is 32.2. The molecule has 1 aliphatic carbocycles. The third kappa shape index (κ3) is 4.74. The van der Waals surface area contributed by atoms with Gasteiger partial charge in [-0.05, 0) is 74.5 Å². The highest BCUT2D eigenvalue weighted by molar-refractivity contribution is 7.89. The molecular formula is C23H29N3O3S. The number of fused-ring (bicyclic) bond motifs is 1. The lowest BCUT2D eigenvalue weighted by Gasteiger charge is -2.21. The molecule has 0 unspecified atom stereocenters. The van der Waals surface area contributed by atoms with E-state index in [4.69, 9.17) is 0 Å². The smallest absolute Gasteiger partial charge is 0.243 e. The maximum Gasteiger partial charge on any atom is 0.243 e. The molecule has 1 amide bonds. The lowest BCUT2D eigenvalue weighted by atomic mass is 10.1. The van der Waals surface area contributed by atoms with Crippen LogP contribution in [0.3, 0.4) is 0 Å². The molecule has 2 aromatic rings. The van der Waals surface area contributed by atoms with Crippen LogP contribution in [0.4, 0.5) is 5.69 Å². The minimum atomic E-state index is -3.50. The SMILES string of the molecule is Cc1ccc(S(=O)(=O)N2CCCN(CC(=O)Nc3ccc4c(c3)CCC4)CC2)cc1. The second-order valence-corrected chi connectivity index (χ2v) is 10.2. The number of carbonyl (C=O) groups is 1. The molecule has 2 aliphatic rings. The van der Waals surface area contributed by atoms with Crippen LogP contribution in [0.25, 0.3) is 0 Å². The third-order valence-corrected chi connectivity index (χ3v) is 7.87. The molecule has 0 saturated carbocycles. The van der Waals surface area contributed by atoms with E-state index in [1.807, 2.05) is 30.0 Å². The van der Waals surface area contributed by atoms with E-state index >= 15 is 0 Å². The Hall–Kier alpha value is -2.22. The number of aryl methyl sites for hydroxylation is 3. The average Bonchev–Trinajstić information content (AvgIpc) is 3.05.